The molecule has 0 saturated heterocycles. The van der Waals surface area contributed by atoms with Gasteiger partial charge in [0.05, 0.1) is 27.7 Å². The normalized spacial score (nSPS) is 11.0. The molecule has 0 N–H and O–H groups in total. The Hall–Kier alpha value is -1.99. The highest BCUT2D eigenvalue weighted by atomic mass is 35.5. The summed E-state index contributed by atoms with van der Waals surface area (Å²) in [5, 5.41) is 12.8. The standard InChI is InChI=1S/C20H15Cl2N3OS2/c1-26-17-6-3-2-5-16(17)25-19(18-7-4-10-27-18)23-24-20(25)28-12-13-8-9-14(21)15(22)11-13/h2-11H,12H2,1H3. The van der Waals surface area contributed by atoms with Gasteiger partial charge in [-0.05, 0) is 41.3 Å². The monoisotopic (exact) mass is 447 g/mol. The summed E-state index contributed by atoms with van der Waals surface area (Å²) in [6.45, 7) is 0. The van der Waals surface area contributed by atoms with Gasteiger partial charge in [0.1, 0.15) is 5.75 Å². The molecule has 0 radical (unpaired) electrons. The number of methoxy groups -OCH3 is 1. The molecule has 0 fully saturated rings. The number of halogens is 2. The lowest BCUT2D eigenvalue weighted by molar-refractivity contribution is 0.412. The summed E-state index contributed by atoms with van der Waals surface area (Å²) in [6, 6.07) is 17.5. The highest BCUT2D eigenvalue weighted by Crippen LogP contribution is 2.35. The molecule has 2 aromatic heterocycles. The number of nitrogens with zero attached hydrogens (tertiary/aromatic N) is 3. The maximum Gasteiger partial charge on any atom is 0.196 e. The molecule has 0 spiro atoms. The molecule has 142 valence electrons. The van der Waals surface area contributed by atoms with E-state index in [0.29, 0.717) is 15.8 Å². The van der Waals surface area contributed by atoms with Crippen LogP contribution in [0.3, 0.4) is 0 Å². The van der Waals surface area contributed by atoms with Gasteiger partial charge in [-0.2, -0.15) is 0 Å². The Bertz CT molecular complexity index is 1100. The summed E-state index contributed by atoms with van der Waals surface area (Å²) in [6.07, 6.45) is 0. The van der Waals surface area contributed by atoms with Crippen LogP contribution in [0.5, 0.6) is 5.75 Å². The Morgan fingerprint density at radius 2 is 1.89 bits per heavy atom. The minimum Gasteiger partial charge on any atom is -0.495 e. The molecule has 0 atom stereocenters. The van der Waals surface area contributed by atoms with Gasteiger partial charge in [-0.3, -0.25) is 4.57 Å². The second-order valence-corrected chi connectivity index (χ2v) is 8.53. The zero-order valence-electron chi connectivity index (χ0n) is 14.8. The number of thioether (sulfide) groups is 1. The molecule has 0 unspecified atom stereocenters. The van der Waals surface area contributed by atoms with Gasteiger partial charge in [-0.1, -0.05) is 59.2 Å². The molecule has 8 heteroatoms. The second-order valence-electron chi connectivity index (χ2n) is 5.83. The molecule has 2 heterocycles. The molecule has 0 aliphatic rings. The first-order valence-corrected chi connectivity index (χ1v) is 11.0. The molecule has 0 bridgehead atoms. The third-order valence-electron chi connectivity index (χ3n) is 4.05. The van der Waals surface area contributed by atoms with E-state index >= 15 is 0 Å². The number of hydrogen-bond acceptors (Lipinski definition) is 5. The topological polar surface area (TPSA) is 39.9 Å². The number of benzene rings is 2. The van der Waals surface area contributed by atoms with E-state index in [0.717, 1.165) is 32.9 Å². The van der Waals surface area contributed by atoms with Gasteiger partial charge in [-0.15, -0.1) is 21.5 Å². The number of hydrogen-bond donors (Lipinski definition) is 0. The van der Waals surface area contributed by atoms with E-state index in [2.05, 4.69) is 10.2 Å². The number of para-hydroxylation sites is 2. The summed E-state index contributed by atoms with van der Waals surface area (Å²) < 4.78 is 7.61. The van der Waals surface area contributed by atoms with Crippen molar-refractivity contribution < 1.29 is 4.74 Å². The van der Waals surface area contributed by atoms with Crippen molar-refractivity contribution in [1.29, 1.82) is 0 Å². The van der Waals surface area contributed by atoms with Crippen molar-refractivity contribution in [3.8, 4) is 22.1 Å². The Kier molecular flexibility index (Phi) is 5.92. The maximum atomic E-state index is 6.14. The summed E-state index contributed by atoms with van der Waals surface area (Å²) in [7, 11) is 1.66. The summed E-state index contributed by atoms with van der Waals surface area (Å²) in [5.41, 5.74) is 1.96. The van der Waals surface area contributed by atoms with Crippen molar-refractivity contribution in [1.82, 2.24) is 14.8 Å². The van der Waals surface area contributed by atoms with Gasteiger partial charge in [0.25, 0.3) is 0 Å². The van der Waals surface area contributed by atoms with E-state index in [1.165, 1.54) is 0 Å². The van der Waals surface area contributed by atoms with E-state index in [-0.39, 0.29) is 0 Å². The predicted octanol–water partition coefficient (Wildman–Crippen LogP) is 6.60. The van der Waals surface area contributed by atoms with Gasteiger partial charge in [0, 0.05) is 5.75 Å². The van der Waals surface area contributed by atoms with Crippen LogP contribution in [0.25, 0.3) is 16.4 Å². The largest absolute Gasteiger partial charge is 0.495 e. The number of rotatable bonds is 6. The second kappa shape index (κ2) is 8.57. The number of ether oxygens (including phenoxy) is 1. The van der Waals surface area contributed by atoms with E-state index in [1.807, 2.05) is 64.5 Å². The van der Waals surface area contributed by atoms with Crippen molar-refractivity contribution in [3.63, 3.8) is 0 Å². The Morgan fingerprint density at radius 1 is 1.04 bits per heavy atom. The zero-order chi connectivity index (χ0) is 19.5. The van der Waals surface area contributed by atoms with Crippen molar-refractivity contribution in [2.75, 3.05) is 7.11 Å². The predicted molar refractivity (Wildman–Crippen MR) is 117 cm³/mol. The highest BCUT2D eigenvalue weighted by Gasteiger charge is 2.19. The summed E-state index contributed by atoms with van der Waals surface area (Å²) in [5.74, 6) is 2.24. The van der Waals surface area contributed by atoms with E-state index in [4.69, 9.17) is 27.9 Å². The van der Waals surface area contributed by atoms with Crippen LogP contribution in [0.15, 0.2) is 65.1 Å². The SMILES string of the molecule is COc1ccccc1-n1c(SCc2ccc(Cl)c(Cl)c2)nnc1-c1cccs1. The summed E-state index contributed by atoms with van der Waals surface area (Å²) in [4.78, 5) is 1.04. The van der Waals surface area contributed by atoms with Crippen LogP contribution < -0.4 is 4.74 Å². The number of thiophene rings is 1. The average Bonchev–Trinajstić information content (AvgIpc) is 3.38. The van der Waals surface area contributed by atoms with Crippen LogP contribution in [0.4, 0.5) is 0 Å². The van der Waals surface area contributed by atoms with Crippen LogP contribution in [0, 0.1) is 0 Å². The van der Waals surface area contributed by atoms with Crippen molar-refractivity contribution >= 4 is 46.3 Å². The van der Waals surface area contributed by atoms with E-state index < -0.39 is 0 Å². The van der Waals surface area contributed by atoms with Crippen LogP contribution in [-0.4, -0.2) is 21.9 Å². The average molecular weight is 448 g/mol. The van der Waals surface area contributed by atoms with Crippen molar-refractivity contribution in [2.45, 2.75) is 10.9 Å². The van der Waals surface area contributed by atoms with Gasteiger partial charge < -0.3 is 4.74 Å². The number of aromatic nitrogens is 3. The van der Waals surface area contributed by atoms with Gasteiger partial charge in [0.15, 0.2) is 11.0 Å². The highest BCUT2D eigenvalue weighted by molar-refractivity contribution is 7.98. The molecule has 0 amide bonds. The molecule has 0 aliphatic heterocycles. The van der Waals surface area contributed by atoms with Crippen molar-refractivity contribution in [2.24, 2.45) is 0 Å². The van der Waals surface area contributed by atoms with Gasteiger partial charge in [0.2, 0.25) is 0 Å². The molecule has 4 aromatic rings. The quantitative estimate of drug-likeness (QED) is 0.312. The molecular weight excluding hydrogens is 433 g/mol. The fourth-order valence-corrected chi connectivity index (χ4v) is 4.64. The Labute approximate surface area is 181 Å². The van der Waals surface area contributed by atoms with Crippen molar-refractivity contribution in [3.05, 3.63) is 75.6 Å². The first kappa shape index (κ1) is 19.3. The molecule has 4 rings (SSSR count). The fraction of sp³-hybridized carbons (Fsp3) is 0.100. The third kappa shape index (κ3) is 3.91. The van der Waals surface area contributed by atoms with E-state index in [1.54, 1.807) is 30.2 Å². The lowest BCUT2D eigenvalue weighted by atomic mass is 10.2. The maximum absolute atomic E-state index is 6.14. The lowest BCUT2D eigenvalue weighted by Crippen LogP contribution is -2.01. The first-order chi connectivity index (χ1) is 13.7. The molecule has 4 nitrogen and oxygen atoms in total. The van der Waals surface area contributed by atoms with Crippen LogP contribution in [-0.2, 0) is 5.75 Å². The zero-order valence-corrected chi connectivity index (χ0v) is 17.9. The van der Waals surface area contributed by atoms with Crippen LogP contribution in [0.1, 0.15) is 5.56 Å². The minimum atomic E-state index is 0.547. The third-order valence-corrected chi connectivity index (χ3v) is 6.66. The molecular formula is C20H15Cl2N3OS2. The Balaban J connectivity index is 1.74. The summed E-state index contributed by atoms with van der Waals surface area (Å²) >= 11 is 15.4. The minimum absolute atomic E-state index is 0.547. The van der Waals surface area contributed by atoms with Gasteiger partial charge >= 0.3 is 0 Å². The molecule has 0 saturated carbocycles. The smallest absolute Gasteiger partial charge is 0.196 e. The molecule has 28 heavy (non-hydrogen) atoms. The van der Waals surface area contributed by atoms with Gasteiger partial charge in [-0.25, -0.2) is 0 Å². The fourth-order valence-electron chi connectivity index (χ4n) is 2.74. The lowest BCUT2D eigenvalue weighted by Gasteiger charge is -2.13. The van der Waals surface area contributed by atoms with E-state index in [9.17, 15) is 0 Å². The molecule has 0 aliphatic carbocycles. The molecule has 2 aromatic carbocycles. The first-order valence-electron chi connectivity index (χ1n) is 8.37. The van der Waals surface area contributed by atoms with Crippen LogP contribution in [0.2, 0.25) is 10.0 Å². The van der Waals surface area contributed by atoms with Crippen LogP contribution >= 0.6 is 46.3 Å². The Morgan fingerprint density at radius 3 is 2.64 bits per heavy atom.